The molecule has 0 bridgehead atoms. The van der Waals surface area contributed by atoms with Gasteiger partial charge < -0.3 is 20.6 Å². The molecule has 2 aromatic carbocycles. The van der Waals surface area contributed by atoms with E-state index in [0.29, 0.717) is 25.1 Å². The predicted molar refractivity (Wildman–Crippen MR) is 111 cm³/mol. The van der Waals surface area contributed by atoms with E-state index in [0.717, 1.165) is 11.1 Å². The average molecular weight is 399 g/mol. The molecule has 0 saturated carbocycles. The number of aryl methyl sites for hydroxylation is 1. The van der Waals surface area contributed by atoms with Crippen molar-refractivity contribution < 1.29 is 19.2 Å². The Kier molecular flexibility index (Phi) is 8.03. The zero-order chi connectivity index (χ0) is 21.3. The Bertz CT molecular complexity index is 786. The molecule has 1 atom stereocenters. The summed E-state index contributed by atoms with van der Waals surface area (Å²) in [5, 5.41) is 2.63. The van der Waals surface area contributed by atoms with Gasteiger partial charge in [0.1, 0.15) is 11.6 Å². The Labute approximate surface area is 171 Å². The molecule has 0 aliphatic heterocycles. The molecule has 0 aliphatic rings. The molecule has 7 heteroatoms. The number of amides is 2. The van der Waals surface area contributed by atoms with Crippen LogP contribution in [-0.2, 0) is 22.5 Å². The van der Waals surface area contributed by atoms with Crippen LogP contribution in [0.4, 0.5) is 4.79 Å². The van der Waals surface area contributed by atoms with Crippen LogP contribution in [0.1, 0.15) is 38.3 Å². The third kappa shape index (κ3) is 8.23. The molecule has 7 nitrogen and oxygen atoms in total. The van der Waals surface area contributed by atoms with Crippen LogP contribution in [0.15, 0.2) is 54.6 Å². The molecule has 0 heterocycles. The number of benzene rings is 2. The lowest BCUT2D eigenvalue weighted by Gasteiger charge is -2.23. The Hall–Kier alpha value is -3.06. The highest BCUT2D eigenvalue weighted by molar-refractivity contribution is 5.85. The van der Waals surface area contributed by atoms with Crippen molar-refractivity contribution in [3.63, 3.8) is 0 Å². The topological polar surface area (TPSA) is 103 Å². The fourth-order valence-electron chi connectivity index (χ4n) is 2.55. The molecule has 0 fully saturated rings. The van der Waals surface area contributed by atoms with Crippen LogP contribution in [0, 0.1) is 0 Å². The fraction of sp³-hybridized carbons (Fsp3) is 0.364. The van der Waals surface area contributed by atoms with Gasteiger partial charge >= 0.3 is 6.09 Å². The fourth-order valence-corrected chi connectivity index (χ4v) is 2.55. The molecule has 2 amide bonds. The van der Waals surface area contributed by atoms with E-state index in [-0.39, 0.29) is 0 Å². The number of hydroxylamine groups is 1. The first-order valence-electron chi connectivity index (χ1n) is 9.56. The number of hydrogen-bond donors (Lipinski definition) is 3. The molecular formula is C22H29N3O4. The number of carbonyl (C=O) groups is 2. The largest absolute Gasteiger partial charge is 0.444 e. The van der Waals surface area contributed by atoms with Crippen LogP contribution in [-0.4, -0.2) is 23.6 Å². The molecule has 156 valence electrons. The number of ether oxygens (including phenoxy) is 1. The summed E-state index contributed by atoms with van der Waals surface area (Å²) < 4.78 is 5.28. The Morgan fingerprint density at radius 2 is 1.66 bits per heavy atom. The normalized spacial score (nSPS) is 12.0. The van der Waals surface area contributed by atoms with E-state index < -0.39 is 23.6 Å². The summed E-state index contributed by atoms with van der Waals surface area (Å²) in [6.45, 7) is 5.72. The molecular weight excluding hydrogens is 370 g/mol. The van der Waals surface area contributed by atoms with E-state index in [1.54, 1.807) is 32.9 Å². The number of hydrogen-bond acceptors (Lipinski definition) is 5. The molecule has 2 aromatic rings. The van der Waals surface area contributed by atoms with Crippen molar-refractivity contribution in [3.05, 3.63) is 65.7 Å². The number of nitrogens with two attached hydrogens (primary N) is 1. The van der Waals surface area contributed by atoms with Gasteiger partial charge in [-0.2, -0.15) is 5.48 Å². The van der Waals surface area contributed by atoms with Crippen LogP contribution < -0.4 is 21.4 Å². The maximum absolute atomic E-state index is 12.6. The molecule has 0 aliphatic carbocycles. The van der Waals surface area contributed by atoms with Crippen LogP contribution in [0.25, 0.3) is 0 Å². The van der Waals surface area contributed by atoms with Crippen molar-refractivity contribution in [2.24, 2.45) is 5.73 Å². The summed E-state index contributed by atoms with van der Waals surface area (Å²) in [7, 11) is 0. The molecule has 0 saturated heterocycles. The lowest BCUT2D eigenvalue weighted by Crippen LogP contribution is -2.49. The van der Waals surface area contributed by atoms with Gasteiger partial charge in [0.2, 0.25) is 0 Å². The van der Waals surface area contributed by atoms with Gasteiger partial charge in [-0.15, -0.1) is 0 Å². The molecule has 29 heavy (non-hydrogen) atoms. The predicted octanol–water partition coefficient (Wildman–Crippen LogP) is 3.08. The quantitative estimate of drug-likeness (QED) is 0.592. The van der Waals surface area contributed by atoms with Gasteiger partial charge in [-0.1, -0.05) is 42.5 Å². The van der Waals surface area contributed by atoms with Crippen LogP contribution in [0.3, 0.4) is 0 Å². The van der Waals surface area contributed by atoms with E-state index in [9.17, 15) is 9.59 Å². The second-order valence-electron chi connectivity index (χ2n) is 7.64. The number of alkyl carbamates (subject to hydrolysis) is 1. The second kappa shape index (κ2) is 10.5. The van der Waals surface area contributed by atoms with Gasteiger partial charge in [0.05, 0.1) is 0 Å². The summed E-state index contributed by atoms with van der Waals surface area (Å²) in [5.41, 5.74) is 9.33. The SMILES string of the molecule is CC(C)(C)OC(=O)N[C@H](CCc1ccccc1)C(=O)NOc1ccc(CN)cc1. The van der Waals surface area contributed by atoms with Gasteiger partial charge in [-0.25, -0.2) is 4.79 Å². The molecule has 0 spiro atoms. The lowest BCUT2D eigenvalue weighted by molar-refractivity contribution is -0.130. The van der Waals surface area contributed by atoms with Crippen LogP contribution >= 0.6 is 0 Å². The standard InChI is InChI=1S/C22H29N3O4/c1-22(2,3)28-21(27)24-19(14-11-16-7-5-4-6-8-16)20(26)25-29-18-12-9-17(15-23)10-13-18/h4-10,12-13,19H,11,14-15,23H2,1-3H3,(H,24,27)(H,25,26)/t19-/m1/s1. The van der Waals surface area contributed by atoms with Gasteiger partial charge in [0, 0.05) is 6.54 Å². The van der Waals surface area contributed by atoms with E-state index >= 15 is 0 Å². The number of carbonyl (C=O) groups excluding carboxylic acids is 2. The first kappa shape index (κ1) is 22.2. The molecule has 0 radical (unpaired) electrons. The summed E-state index contributed by atoms with van der Waals surface area (Å²) in [6, 6.07) is 16.0. The third-order valence-electron chi connectivity index (χ3n) is 4.00. The minimum absolute atomic E-state index is 0.393. The molecule has 0 aromatic heterocycles. The minimum Gasteiger partial charge on any atom is -0.444 e. The Morgan fingerprint density at radius 1 is 1.00 bits per heavy atom. The minimum atomic E-state index is -0.812. The summed E-state index contributed by atoms with van der Waals surface area (Å²) in [6.07, 6.45) is 0.350. The Morgan fingerprint density at radius 3 is 2.24 bits per heavy atom. The summed E-state index contributed by atoms with van der Waals surface area (Å²) >= 11 is 0. The van der Waals surface area contributed by atoms with E-state index in [2.05, 4.69) is 10.8 Å². The van der Waals surface area contributed by atoms with E-state index in [1.807, 2.05) is 42.5 Å². The average Bonchev–Trinajstić information content (AvgIpc) is 2.69. The number of nitrogens with one attached hydrogen (secondary N) is 2. The number of rotatable bonds is 8. The monoisotopic (exact) mass is 399 g/mol. The summed E-state index contributed by atoms with van der Waals surface area (Å²) in [5.74, 6) is 0.00400. The molecule has 4 N–H and O–H groups in total. The molecule has 2 rings (SSSR count). The van der Waals surface area contributed by atoms with Crippen molar-refractivity contribution in [1.82, 2.24) is 10.8 Å². The first-order valence-corrected chi connectivity index (χ1v) is 9.56. The first-order chi connectivity index (χ1) is 13.8. The van der Waals surface area contributed by atoms with Gasteiger partial charge in [0.25, 0.3) is 5.91 Å². The van der Waals surface area contributed by atoms with Crippen molar-refractivity contribution in [2.75, 3.05) is 0 Å². The Balaban J connectivity index is 1.99. The second-order valence-corrected chi connectivity index (χ2v) is 7.64. The van der Waals surface area contributed by atoms with Crippen molar-refractivity contribution in [3.8, 4) is 5.75 Å². The van der Waals surface area contributed by atoms with Gasteiger partial charge in [-0.3, -0.25) is 4.79 Å². The third-order valence-corrected chi connectivity index (χ3v) is 4.00. The highest BCUT2D eigenvalue weighted by Crippen LogP contribution is 2.12. The maximum atomic E-state index is 12.6. The zero-order valence-electron chi connectivity index (χ0n) is 17.1. The van der Waals surface area contributed by atoms with Crippen molar-refractivity contribution >= 4 is 12.0 Å². The lowest BCUT2D eigenvalue weighted by atomic mass is 10.1. The molecule has 0 unspecified atom stereocenters. The maximum Gasteiger partial charge on any atom is 0.408 e. The van der Waals surface area contributed by atoms with Crippen LogP contribution in [0.2, 0.25) is 0 Å². The van der Waals surface area contributed by atoms with Gasteiger partial charge in [-0.05, 0) is 56.9 Å². The van der Waals surface area contributed by atoms with Gasteiger partial charge in [0.15, 0.2) is 5.75 Å². The smallest absolute Gasteiger partial charge is 0.408 e. The highest BCUT2D eigenvalue weighted by Gasteiger charge is 2.24. The van der Waals surface area contributed by atoms with E-state index in [1.165, 1.54) is 0 Å². The zero-order valence-corrected chi connectivity index (χ0v) is 17.1. The highest BCUT2D eigenvalue weighted by atomic mass is 16.7. The van der Waals surface area contributed by atoms with Crippen LogP contribution in [0.5, 0.6) is 5.75 Å². The van der Waals surface area contributed by atoms with E-state index in [4.69, 9.17) is 15.3 Å². The van der Waals surface area contributed by atoms with Crippen molar-refractivity contribution in [2.45, 2.75) is 51.8 Å². The summed E-state index contributed by atoms with van der Waals surface area (Å²) in [4.78, 5) is 30.1. The van der Waals surface area contributed by atoms with Crippen molar-refractivity contribution in [1.29, 1.82) is 0 Å².